The Morgan fingerprint density at radius 1 is 1.10 bits per heavy atom. The van der Waals surface area contributed by atoms with Crippen LogP contribution in [0.15, 0.2) is 24.3 Å². The summed E-state index contributed by atoms with van der Waals surface area (Å²) in [5.41, 5.74) is 9.08. The van der Waals surface area contributed by atoms with Crippen LogP contribution in [0.25, 0.3) is 0 Å². The molecule has 0 aromatic heterocycles. The Hall–Kier alpha value is -1.02. The van der Waals surface area contributed by atoms with Gasteiger partial charge in [0.05, 0.1) is 0 Å². The van der Waals surface area contributed by atoms with E-state index in [4.69, 9.17) is 5.73 Å². The quantitative estimate of drug-likeness (QED) is 0.783. The second-order valence-corrected chi connectivity index (χ2v) is 6.79. The van der Waals surface area contributed by atoms with Crippen LogP contribution < -0.4 is 10.6 Å². The Labute approximate surface area is 123 Å². The zero-order chi connectivity index (χ0) is 13.9. The minimum absolute atomic E-state index is 0.292. The molecule has 2 nitrogen and oxygen atoms in total. The summed E-state index contributed by atoms with van der Waals surface area (Å²) in [6.07, 6.45) is 7.78. The lowest BCUT2D eigenvalue weighted by Crippen LogP contribution is -2.30. The Morgan fingerprint density at radius 3 is 2.25 bits per heavy atom. The van der Waals surface area contributed by atoms with Crippen LogP contribution in [0.5, 0.6) is 0 Å². The van der Waals surface area contributed by atoms with Crippen molar-refractivity contribution in [3.63, 3.8) is 0 Å². The van der Waals surface area contributed by atoms with Crippen molar-refractivity contribution in [3.8, 4) is 0 Å². The largest absolute Gasteiger partial charge is 0.371 e. The molecule has 3 rings (SSSR count). The molecule has 0 aliphatic heterocycles. The lowest BCUT2D eigenvalue weighted by molar-refractivity contribution is 0.636. The molecule has 0 saturated heterocycles. The molecule has 0 bridgehead atoms. The highest BCUT2D eigenvalue weighted by Crippen LogP contribution is 2.36. The second kappa shape index (κ2) is 6.17. The average molecular weight is 272 g/mol. The molecule has 20 heavy (non-hydrogen) atoms. The lowest BCUT2D eigenvalue weighted by atomic mass is 10.0. The van der Waals surface area contributed by atoms with Crippen LogP contribution in [0, 0.1) is 11.8 Å². The Kier molecular flexibility index (Phi) is 4.30. The maximum Gasteiger partial charge on any atom is 0.0399 e. The highest BCUT2D eigenvalue weighted by molar-refractivity contribution is 5.54. The summed E-state index contributed by atoms with van der Waals surface area (Å²) in [7, 11) is 0. The molecule has 2 aliphatic rings. The highest BCUT2D eigenvalue weighted by atomic mass is 15.1. The number of hydrogen-bond donors (Lipinski definition) is 1. The van der Waals surface area contributed by atoms with E-state index in [1.54, 1.807) is 0 Å². The smallest absolute Gasteiger partial charge is 0.0399 e. The SMILES string of the molecule is CCC(N)Cc1ccccc1N(CC1CC1)CC1CC1. The molecule has 1 aromatic rings. The van der Waals surface area contributed by atoms with Crippen LogP contribution in [0.1, 0.15) is 44.6 Å². The first-order chi connectivity index (χ1) is 9.76. The molecule has 110 valence electrons. The summed E-state index contributed by atoms with van der Waals surface area (Å²) in [4.78, 5) is 2.66. The third kappa shape index (κ3) is 3.76. The van der Waals surface area contributed by atoms with Crippen molar-refractivity contribution in [2.45, 2.75) is 51.5 Å². The van der Waals surface area contributed by atoms with Gasteiger partial charge < -0.3 is 10.6 Å². The van der Waals surface area contributed by atoms with E-state index in [2.05, 4.69) is 36.1 Å². The molecule has 2 aliphatic carbocycles. The van der Waals surface area contributed by atoms with Crippen LogP contribution in [0.2, 0.25) is 0 Å². The number of rotatable bonds is 8. The van der Waals surface area contributed by atoms with Crippen LogP contribution in [0.4, 0.5) is 5.69 Å². The van der Waals surface area contributed by atoms with Gasteiger partial charge in [-0.05, 0) is 62.0 Å². The molecule has 1 atom stereocenters. The number of anilines is 1. The number of hydrogen-bond acceptors (Lipinski definition) is 2. The van der Waals surface area contributed by atoms with Gasteiger partial charge in [-0.3, -0.25) is 0 Å². The maximum atomic E-state index is 6.18. The molecule has 2 fully saturated rings. The summed E-state index contributed by atoms with van der Waals surface area (Å²) in [5, 5.41) is 0. The summed E-state index contributed by atoms with van der Waals surface area (Å²) < 4.78 is 0. The summed E-state index contributed by atoms with van der Waals surface area (Å²) >= 11 is 0. The van der Waals surface area contributed by atoms with Crippen LogP contribution >= 0.6 is 0 Å². The topological polar surface area (TPSA) is 29.3 Å². The maximum absolute atomic E-state index is 6.18. The predicted octanol–water partition coefficient (Wildman–Crippen LogP) is 3.59. The van der Waals surface area contributed by atoms with E-state index in [0.29, 0.717) is 6.04 Å². The third-order valence-electron chi connectivity index (χ3n) is 4.69. The van der Waals surface area contributed by atoms with Gasteiger partial charge in [0.2, 0.25) is 0 Å². The van der Waals surface area contributed by atoms with Crippen LogP contribution in [-0.2, 0) is 6.42 Å². The van der Waals surface area contributed by atoms with Gasteiger partial charge in [0.1, 0.15) is 0 Å². The first-order valence-corrected chi connectivity index (χ1v) is 8.34. The van der Waals surface area contributed by atoms with E-state index in [1.807, 2.05) is 0 Å². The van der Waals surface area contributed by atoms with Gasteiger partial charge in [-0.1, -0.05) is 25.1 Å². The van der Waals surface area contributed by atoms with Crippen LogP contribution in [0.3, 0.4) is 0 Å². The molecule has 2 heteroatoms. The first kappa shape index (κ1) is 13.9. The molecule has 1 aromatic carbocycles. The zero-order valence-corrected chi connectivity index (χ0v) is 12.7. The monoisotopic (exact) mass is 272 g/mol. The number of nitrogens with zero attached hydrogens (tertiary/aromatic N) is 1. The van der Waals surface area contributed by atoms with Crippen molar-refractivity contribution in [2.75, 3.05) is 18.0 Å². The molecule has 2 saturated carbocycles. The van der Waals surface area contributed by atoms with Crippen molar-refractivity contribution < 1.29 is 0 Å². The predicted molar refractivity (Wildman–Crippen MR) is 86.1 cm³/mol. The standard InChI is InChI=1S/C18H28N2/c1-2-17(19)11-16-5-3-4-6-18(16)20(12-14-7-8-14)13-15-9-10-15/h3-6,14-15,17H,2,7-13,19H2,1H3. The van der Waals surface area contributed by atoms with Gasteiger partial charge in [0.15, 0.2) is 0 Å². The Bertz CT molecular complexity index is 421. The fourth-order valence-corrected chi connectivity index (χ4v) is 2.91. The molecule has 0 radical (unpaired) electrons. The summed E-state index contributed by atoms with van der Waals surface area (Å²) in [5.74, 6) is 1.89. The fraction of sp³-hybridized carbons (Fsp3) is 0.667. The van der Waals surface area contributed by atoms with Gasteiger partial charge in [-0.2, -0.15) is 0 Å². The second-order valence-electron chi connectivity index (χ2n) is 6.79. The minimum atomic E-state index is 0.292. The van der Waals surface area contributed by atoms with Crippen molar-refractivity contribution >= 4 is 5.69 Å². The molecule has 2 N–H and O–H groups in total. The zero-order valence-electron chi connectivity index (χ0n) is 12.7. The van der Waals surface area contributed by atoms with E-state index in [1.165, 1.54) is 50.0 Å². The normalized spacial score (nSPS) is 19.9. The van der Waals surface area contributed by atoms with Gasteiger partial charge in [-0.15, -0.1) is 0 Å². The van der Waals surface area contributed by atoms with E-state index < -0.39 is 0 Å². The molecule has 0 heterocycles. The molecular formula is C18H28N2. The lowest BCUT2D eigenvalue weighted by Gasteiger charge is -2.28. The van der Waals surface area contributed by atoms with Crippen molar-refractivity contribution in [1.82, 2.24) is 0 Å². The van der Waals surface area contributed by atoms with E-state index >= 15 is 0 Å². The average Bonchev–Trinajstić information content (AvgIpc) is 3.34. The molecule has 1 unspecified atom stereocenters. The number of para-hydroxylation sites is 1. The number of benzene rings is 1. The van der Waals surface area contributed by atoms with E-state index in [0.717, 1.165) is 24.7 Å². The van der Waals surface area contributed by atoms with Crippen molar-refractivity contribution in [3.05, 3.63) is 29.8 Å². The van der Waals surface area contributed by atoms with Gasteiger partial charge in [-0.25, -0.2) is 0 Å². The molecule has 0 amide bonds. The summed E-state index contributed by atoms with van der Waals surface area (Å²) in [6, 6.07) is 9.22. The Morgan fingerprint density at radius 2 is 1.70 bits per heavy atom. The fourth-order valence-electron chi connectivity index (χ4n) is 2.91. The van der Waals surface area contributed by atoms with Gasteiger partial charge in [0, 0.05) is 24.8 Å². The minimum Gasteiger partial charge on any atom is -0.371 e. The Balaban J connectivity index is 1.76. The van der Waals surface area contributed by atoms with Gasteiger partial charge >= 0.3 is 0 Å². The number of nitrogens with two attached hydrogens (primary N) is 1. The first-order valence-electron chi connectivity index (χ1n) is 8.34. The van der Waals surface area contributed by atoms with Gasteiger partial charge in [0.25, 0.3) is 0 Å². The highest BCUT2D eigenvalue weighted by Gasteiger charge is 2.30. The van der Waals surface area contributed by atoms with E-state index in [-0.39, 0.29) is 0 Å². The summed E-state index contributed by atoms with van der Waals surface area (Å²) in [6.45, 7) is 4.70. The third-order valence-corrected chi connectivity index (χ3v) is 4.69. The van der Waals surface area contributed by atoms with Crippen molar-refractivity contribution in [2.24, 2.45) is 17.6 Å². The van der Waals surface area contributed by atoms with Crippen LogP contribution in [-0.4, -0.2) is 19.1 Å². The van der Waals surface area contributed by atoms with E-state index in [9.17, 15) is 0 Å². The van der Waals surface area contributed by atoms with Crippen molar-refractivity contribution in [1.29, 1.82) is 0 Å². The molecular weight excluding hydrogens is 244 g/mol. The molecule has 0 spiro atoms.